The van der Waals surface area contributed by atoms with Crippen LogP contribution in [0.1, 0.15) is 27.7 Å². The van der Waals surface area contributed by atoms with Gasteiger partial charge in [0.25, 0.3) is 0 Å². The standard InChI is InChI=1S/C19H25ClN2O5S/c1-18(2)23-9-12(25-18)14-13(15-16(24-14)27-19(3,4)26-15)22-17(28)21-11-8-6-5-7-10(11)20/h5-8,12-16H,9H2,1-4H3,(H2,21,22,28)/t12?,13-,14-,15-,16-/m1/s1. The van der Waals surface area contributed by atoms with E-state index in [-0.39, 0.29) is 24.4 Å². The summed E-state index contributed by atoms with van der Waals surface area (Å²) in [6.45, 7) is 7.90. The molecule has 1 unspecified atom stereocenters. The molecule has 0 amide bonds. The van der Waals surface area contributed by atoms with Crippen LogP contribution < -0.4 is 10.6 Å². The largest absolute Gasteiger partial charge is 0.354 e. The maximum absolute atomic E-state index is 6.22. The molecule has 0 saturated carbocycles. The molecule has 3 heterocycles. The summed E-state index contributed by atoms with van der Waals surface area (Å²) in [6, 6.07) is 7.12. The van der Waals surface area contributed by atoms with Crippen molar-refractivity contribution in [3.8, 4) is 0 Å². The van der Waals surface area contributed by atoms with Gasteiger partial charge in [0.2, 0.25) is 0 Å². The summed E-state index contributed by atoms with van der Waals surface area (Å²) in [5, 5.41) is 7.44. The van der Waals surface area contributed by atoms with E-state index in [1.807, 2.05) is 45.9 Å². The highest BCUT2D eigenvalue weighted by molar-refractivity contribution is 7.80. The lowest BCUT2D eigenvalue weighted by molar-refractivity contribution is -0.223. The van der Waals surface area contributed by atoms with E-state index in [9.17, 15) is 0 Å². The summed E-state index contributed by atoms with van der Waals surface area (Å²) in [5.41, 5.74) is 0.721. The smallest absolute Gasteiger partial charge is 0.189 e. The topological polar surface area (TPSA) is 70.2 Å². The molecule has 2 N–H and O–H groups in total. The first-order valence-corrected chi connectivity index (χ1v) is 10.1. The molecule has 3 saturated heterocycles. The number of fused-ring (bicyclic) bond motifs is 1. The van der Waals surface area contributed by atoms with Crippen LogP contribution in [0.5, 0.6) is 0 Å². The number of nitrogens with one attached hydrogen (secondary N) is 2. The molecular formula is C19H25ClN2O5S. The fourth-order valence-electron chi connectivity index (χ4n) is 3.76. The Labute approximate surface area is 174 Å². The Bertz CT molecular complexity index is 762. The molecule has 0 radical (unpaired) electrons. The van der Waals surface area contributed by atoms with Crippen molar-refractivity contribution in [2.45, 2.75) is 69.9 Å². The first-order chi connectivity index (χ1) is 13.1. The number of halogens is 1. The van der Waals surface area contributed by atoms with Crippen LogP contribution in [-0.2, 0) is 23.7 Å². The van der Waals surface area contributed by atoms with E-state index >= 15 is 0 Å². The zero-order chi connectivity index (χ0) is 20.1. The van der Waals surface area contributed by atoms with E-state index in [1.54, 1.807) is 6.07 Å². The minimum Gasteiger partial charge on any atom is -0.354 e. The van der Waals surface area contributed by atoms with Gasteiger partial charge in [0.05, 0.1) is 23.4 Å². The van der Waals surface area contributed by atoms with E-state index in [4.69, 9.17) is 47.5 Å². The van der Waals surface area contributed by atoms with Crippen molar-refractivity contribution in [3.63, 3.8) is 0 Å². The lowest BCUT2D eigenvalue weighted by Gasteiger charge is -2.30. The second-order valence-corrected chi connectivity index (χ2v) is 8.86. The third-order valence-electron chi connectivity index (χ3n) is 4.90. The fourth-order valence-corrected chi connectivity index (χ4v) is 4.19. The van der Waals surface area contributed by atoms with E-state index < -0.39 is 17.9 Å². The van der Waals surface area contributed by atoms with Crippen molar-refractivity contribution in [1.29, 1.82) is 0 Å². The molecule has 3 fully saturated rings. The van der Waals surface area contributed by atoms with Crippen LogP contribution in [0.3, 0.4) is 0 Å². The quantitative estimate of drug-likeness (QED) is 0.712. The highest BCUT2D eigenvalue weighted by Crippen LogP contribution is 2.40. The van der Waals surface area contributed by atoms with Crippen molar-refractivity contribution in [2.75, 3.05) is 11.9 Å². The minimum absolute atomic E-state index is 0.267. The third kappa shape index (κ3) is 4.14. The predicted octanol–water partition coefficient (Wildman–Crippen LogP) is 3.02. The maximum atomic E-state index is 6.22. The molecule has 7 nitrogen and oxygen atoms in total. The normalized spacial score (nSPS) is 35.5. The number of rotatable bonds is 3. The number of ether oxygens (including phenoxy) is 5. The molecule has 0 spiro atoms. The van der Waals surface area contributed by atoms with Crippen molar-refractivity contribution in [3.05, 3.63) is 29.3 Å². The van der Waals surface area contributed by atoms with E-state index in [2.05, 4.69) is 10.6 Å². The summed E-state index contributed by atoms with van der Waals surface area (Å²) in [5.74, 6) is -1.39. The molecule has 4 rings (SSSR count). The van der Waals surface area contributed by atoms with Crippen LogP contribution in [0.2, 0.25) is 5.02 Å². The molecule has 3 aliphatic rings. The van der Waals surface area contributed by atoms with Gasteiger partial charge in [-0.1, -0.05) is 23.7 Å². The van der Waals surface area contributed by atoms with Crippen LogP contribution in [0.25, 0.3) is 0 Å². The van der Waals surface area contributed by atoms with Gasteiger partial charge in [-0.2, -0.15) is 0 Å². The molecule has 154 valence electrons. The van der Waals surface area contributed by atoms with E-state index in [1.165, 1.54) is 0 Å². The van der Waals surface area contributed by atoms with Crippen molar-refractivity contribution < 1.29 is 23.7 Å². The van der Waals surface area contributed by atoms with Gasteiger partial charge in [-0.05, 0) is 52.0 Å². The molecule has 5 atom stereocenters. The minimum atomic E-state index is -0.732. The lowest BCUT2D eigenvalue weighted by atomic mass is 10.0. The Morgan fingerprint density at radius 2 is 1.82 bits per heavy atom. The number of thiocarbonyl (C=S) groups is 1. The first-order valence-electron chi connectivity index (χ1n) is 9.28. The summed E-state index contributed by atoms with van der Waals surface area (Å²) in [4.78, 5) is 0. The van der Waals surface area contributed by atoms with Crippen molar-refractivity contribution in [2.24, 2.45) is 0 Å². The molecule has 28 heavy (non-hydrogen) atoms. The van der Waals surface area contributed by atoms with Gasteiger partial charge in [-0.15, -0.1) is 0 Å². The third-order valence-corrected chi connectivity index (χ3v) is 5.45. The zero-order valence-electron chi connectivity index (χ0n) is 16.2. The van der Waals surface area contributed by atoms with Crippen LogP contribution in [0, 0.1) is 0 Å². The lowest BCUT2D eigenvalue weighted by Crippen LogP contribution is -2.53. The predicted molar refractivity (Wildman–Crippen MR) is 108 cm³/mol. The fraction of sp³-hybridized carbons (Fsp3) is 0.632. The molecule has 1 aromatic carbocycles. The zero-order valence-corrected chi connectivity index (χ0v) is 17.8. The average Bonchev–Trinajstić information content (AvgIpc) is 3.20. The molecule has 0 bridgehead atoms. The van der Waals surface area contributed by atoms with Crippen LogP contribution >= 0.6 is 23.8 Å². The van der Waals surface area contributed by atoms with E-state index in [0.29, 0.717) is 16.7 Å². The van der Waals surface area contributed by atoms with Crippen molar-refractivity contribution >= 4 is 34.6 Å². The number of para-hydroxylation sites is 1. The highest BCUT2D eigenvalue weighted by Gasteiger charge is 2.58. The average molecular weight is 429 g/mol. The second kappa shape index (κ2) is 7.36. The SMILES string of the molecule is CC1(C)OCC([C@H]2O[C@@H]3OC(C)(C)O[C@@H]3[C@@H]2NC(=S)Nc2ccccc2Cl)O1. The Balaban J connectivity index is 1.50. The van der Waals surface area contributed by atoms with Gasteiger partial charge in [-0.3, -0.25) is 0 Å². The Hall–Kier alpha value is -1.00. The van der Waals surface area contributed by atoms with Crippen LogP contribution in [0.4, 0.5) is 5.69 Å². The summed E-state index contributed by atoms with van der Waals surface area (Å²) in [6.07, 6.45) is -1.46. The van der Waals surface area contributed by atoms with Gasteiger partial charge >= 0.3 is 0 Å². The van der Waals surface area contributed by atoms with Crippen LogP contribution in [-0.4, -0.2) is 53.9 Å². The number of anilines is 1. The van der Waals surface area contributed by atoms with E-state index in [0.717, 1.165) is 5.69 Å². The molecule has 0 aliphatic carbocycles. The van der Waals surface area contributed by atoms with Gasteiger partial charge < -0.3 is 34.3 Å². The number of benzene rings is 1. The van der Waals surface area contributed by atoms with Gasteiger partial charge in [-0.25, -0.2) is 0 Å². The van der Waals surface area contributed by atoms with Gasteiger partial charge in [0.1, 0.15) is 18.3 Å². The molecule has 3 aliphatic heterocycles. The van der Waals surface area contributed by atoms with Crippen LogP contribution in [0.15, 0.2) is 24.3 Å². The maximum Gasteiger partial charge on any atom is 0.189 e. The summed E-state index contributed by atoms with van der Waals surface area (Å²) < 4.78 is 29.9. The van der Waals surface area contributed by atoms with Gasteiger partial charge in [0.15, 0.2) is 23.0 Å². The Morgan fingerprint density at radius 3 is 2.50 bits per heavy atom. The number of hydrogen-bond donors (Lipinski definition) is 2. The first kappa shape index (κ1) is 20.3. The second-order valence-electron chi connectivity index (χ2n) is 8.04. The monoisotopic (exact) mass is 428 g/mol. The highest BCUT2D eigenvalue weighted by atomic mass is 35.5. The summed E-state index contributed by atoms with van der Waals surface area (Å²) in [7, 11) is 0. The molecular weight excluding hydrogens is 404 g/mol. The van der Waals surface area contributed by atoms with Gasteiger partial charge in [0, 0.05) is 0 Å². The Morgan fingerprint density at radius 1 is 1.07 bits per heavy atom. The molecule has 1 aromatic rings. The molecule has 0 aromatic heterocycles. The summed E-state index contributed by atoms with van der Waals surface area (Å²) >= 11 is 11.7. The molecule has 9 heteroatoms. The van der Waals surface area contributed by atoms with Crippen molar-refractivity contribution in [1.82, 2.24) is 5.32 Å². The number of hydrogen-bond acceptors (Lipinski definition) is 6. The Kier molecular flexibility index (Phi) is 5.33.